The van der Waals surface area contributed by atoms with Gasteiger partial charge < -0.3 is 9.72 Å². The number of imidazole rings is 1. The van der Waals surface area contributed by atoms with Crippen LogP contribution in [-0.2, 0) is 11.3 Å². The van der Waals surface area contributed by atoms with E-state index in [9.17, 15) is 4.79 Å². The summed E-state index contributed by atoms with van der Waals surface area (Å²) in [6, 6.07) is 4.76. The Kier molecular flexibility index (Phi) is 4.07. The highest BCUT2D eigenvalue weighted by Crippen LogP contribution is 2.25. The SMILES string of the molecule is O=C(Nc1ccc(Cl)cc1Cl)OCc1cnc[nH]1. The summed E-state index contributed by atoms with van der Waals surface area (Å²) in [5.74, 6) is 0. The molecule has 0 spiro atoms. The number of anilines is 1. The molecule has 1 aromatic carbocycles. The van der Waals surface area contributed by atoms with Gasteiger partial charge in [0.25, 0.3) is 0 Å². The summed E-state index contributed by atoms with van der Waals surface area (Å²) in [7, 11) is 0. The fraction of sp³-hybridized carbons (Fsp3) is 0.0909. The largest absolute Gasteiger partial charge is 0.443 e. The minimum absolute atomic E-state index is 0.108. The van der Waals surface area contributed by atoms with E-state index in [0.717, 1.165) is 0 Å². The van der Waals surface area contributed by atoms with Crippen molar-refractivity contribution < 1.29 is 9.53 Å². The number of benzene rings is 1. The molecule has 18 heavy (non-hydrogen) atoms. The van der Waals surface area contributed by atoms with Crippen molar-refractivity contribution in [2.24, 2.45) is 0 Å². The van der Waals surface area contributed by atoms with Gasteiger partial charge in [-0.15, -0.1) is 0 Å². The van der Waals surface area contributed by atoms with Gasteiger partial charge >= 0.3 is 6.09 Å². The zero-order chi connectivity index (χ0) is 13.0. The van der Waals surface area contributed by atoms with Gasteiger partial charge in [0.15, 0.2) is 0 Å². The minimum atomic E-state index is -0.603. The number of aromatic amines is 1. The van der Waals surface area contributed by atoms with Crippen LogP contribution < -0.4 is 5.32 Å². The Bertz CT molecular complexity index is 543. The predicted molar refractivity (Wildman–Crippen MR) is 68.9 cm³/mol. The summed E-state index contributed by atoms with van der Waals surface area (Å²) in [5.41, 5.74) is 1.14. The van der Waals surface area contributed by atoms with Gasteiger partial charge in [0.05, 0.1) is 28.9 Å². The Morgan fingerprint density at radius 1 is 1.44 bits per heavy atom. The molecule has 2 rings (SSSR count). The molecule has 0 atom stereocenters. The van der Waals surface area contributed by atoms with Crippen molar-refractivity contribution in [3.63, 3.8) is 0 Å². The fourth-order valence-corrected chi connectivity index (χ4v) is 1.70. The van der Waals surface area contributed by atoms with Crippen molar-refractivity contribution >= 4 is 35.0 Å². The highest BCUT2D eigenvalue weighted by Gasteiger charge is 2.07. The maximum Gasteiger partial charge on any atom is 0.412 e. The molecule has 7 heteroatoms. The normalized spacial score (nSPS) is 10.1. The predicted octanol–water partition coefficient (Wildman–Crippen LogP) is 3.47. The van der Waals surface area contributed by atoms with Gasteiger partial charge in [-0.1, -0.05) is 23.2 Å². The smallest absolute Gasteiger partial charge is 0.412 e. The van der Waals surface area contributed by atoms with Crippen molar-refractivity contribution in [3.8, 4) is 0 Å². The van der Waals surface area contributed by atoms with Crippen LogP contribution in [0.5, 0.6) is 0 Å². The first-order chi connectivity index (χ1) is 8.65. The molecule has 0 saturated carbocycles. The van der Waals surface area contributed by atoms with Crippen molar-refractivity contribution in [1.82, 2.24) is 9.97 Å². The number of carbonyl (C=O) groups excluding carboxylic acids is 1. The molecule has 0 unspecified atom stereocenters. The summed E-state index contributed by atoms with van der Waals surface area (Å²) in [6.45, 7) is 0.108. The number of amides is 1. The Morgan fingerprint density at radius 3 is 2.94 bits per heavy atom. The van der Waals surface area contributed by atoms with Crippen molar-refractivity contribution in [3.05, 3.63) is 46.5 Å². The third-order valence-corrected chi connectivity index (χ3v) is 2.63. The van der Waals surface area contributed by atoms with E-state index in [0.29, 0.717) is 21.4 Å². The molecule has 0 radical (unpaired) electrons. The second kappa shape index (κ2) is 5.75. The minimum Gasteiger partial charge on any atom is -0.443 e. The van der Waals surface area contributed by atoms with Crippen LogP contribution in [0.1, 0.15) is 5.69 Å². The van der Waals surface area contributed by atoms with E-state index in [4.69, 9.17) is 27.9 Å². The van der Waals surface area contributed by atoms with Gasteiger partial charge in [-0.3, -0.25) is 5.32 Å². The number of H-pyrrole nitrogens is 1. The molecular formula is C11H9Cl2N3O2. The van der Waals surface area contributed by atoms with Crippen LogP contribution in [-0.4, -0.2) is 16.1 Å². The summed E-state index contributed by atoms with van der Waals surface area (Å²) in [5, 5.41) is 3.36. The van der Waals surface area contributed by atoms with E-state index >= 15 is 0 Å². The average Bonchev–Trinajstić information content (AvgIpc) is 2.83. The Morgan fingerprint density at radius 2 is 2.28 bits per heavy atom. The molecule has 5 nitrogen and oxygen atoms in total. The summed E-state index contributed by atoms with van der Waals surface area (Å²) in [6.07, 6.45) is 2.48. The number of hydrogen-bond acceptors (Lipinski definition) is 3. The van der Waals surface area contributed by atoms with Crippen LogP contribution in [0.4, 0.5) is 10.5 Å². The van der Waals surface area contributed by atoms with Crippen LogP contribution in [0.2, 0.25) is 10.0 Å². The molecule has 2 N–H and O–H groups in total. The lowest BCUT2D eigenvalue weighted by Gasteiger charge is -2.07. The van der Waals surface area contributed by atoms with E-state index in [1.165, 1.54) is 12.4 Å². The molecule has 0 fully saturated rings. The molecule has 0 saturated heterocycles. The molecule has 0 aliphatic heterocycles. The molecule has 1 amide bonds. The molecule has 0 aliphatic carbocycles. The Labute approximate surface area is 113 Å². The molecule has 1 heterocycles. The third-order valence-electron chi connectivity index (χ3n) is 2.08. The van der Waals surface area contributed by atoms with Gasteiger partial charge in [0, 0.05) is 5.02 Å². The number of carbonyl (C=O) groups is 1. The van der Waals surface area contributed by atoms with Gasteiger partial charge in [0.1, 0.15) is 6.61 Å². The van der Waals surface area contributed by atoms with E-state index in [-0.39, 0.29) is 6.61 Å². The van der Waals surface area contributed by atoms with Crippen LogP contribution in [0.15, 0.2) is 30.7 Å². The summed E-state index contributed by atoms with van der Waals surface area (Å²) < 4.78 is 4.96. The first-order valence-electron chi connectivity index (χ1n) is 5.01. The first kappa shape index (κ1) is 12.7. The number of nitrogens with one attached hydrogen (secondary N) is 2. The average molecular weight is 286 g/mol. The number of halogens is 2. The zero-order valence-electron chi connectivity index (χ0n) is 9.11. The van der Waals surface area contributed by atoms with E-state index in [1.807, 2.05) is 0 Å². The van der Waals surface area contributed by atoms with Crippen LogP contribution in [0.3, 0.4) is 0 Å². The van der Waals surface area contributed by atoms with E-state index in [2.05, 4.69) is 15.3 Å². The number of ether oxygens (including phenoxy) is 1. The second-order valence-corrected chi connectivity index (χ2v) is 4.25. The lowest BCUT2D eigenvalue weighted by molar-refractivity contribution is 0.154. The molecule has 94 valence electrons. The monoisotopic (exact) mass is 285 g/mol. The Balaban J connectivity index is 1.91. The standard InChI is InChI=1S/C11H9Cl2N3O2/c12-7-1-2-10(9(13)3-7)16-11(17)18-5-8-4-14-6-15-8/h1-4,6H,5H2,(H,14,15)(H,16,17). The van der Waals surface area contributed by atoms with E-state index < -0.39 is 6.09 Å². The number of rotatable bonds is 3. The highest BCUT2D eigenvalue weighted by molar-refractivity contribution is 6.36. The van der Waals surface area contributed by atoms with Crippen molar-refractivity contribution in [2.75, 3.05) is 5.32 Å². The highest BCUT2D eigenvalue weighted by atomic mass is 35.5. The summed E-state index contributed by atoms with van der Waals surface area (Å²) in [4.78, 5) is 18.1. The van der Waals surface area contributed by atoms with Gasteiger partial charge in [-0.05, 0) is 18.2 Å². The zero-order valence-corrected chi connectivity index (χ0v) is 10.6. The fourth-order valence-electron chi connectivity index (χ4n) is 1.24. The molecule has 2 aromatic rings. The maximum absolute atomic E-state index is 11.5. The number of nitrogens with zero attached hydrogens (tertiary/aromatic N) is 1. The quantitative estimate of drug-likeness (QED) is 0.907. The van der Waals surface area contributed by atoms with Crippen LogP contribution >= 0.6 is 23.2 Å². The lowest BCUT2D eigenvalue weighted by Crippen LogP contribution is -2.13. The Hall–Kier alpha value is -1.72. The van der Waals surface area contributed by atoms with E-state index in [1.54, 1.807) is 18.3 Å². The number of aromatic nitrogens is 2. The van der Waals surface area contributed by atoms with Crippen molar-refractivity contribution in [1.29, 1.82) is 0 Å². The first-order valence-corrected chi connectivity index (χ1v) is 5.77. The second-order valence-electron chi connectivity index (χ2n) is 3.40. The van der Waals surface area contributed by atoms with Gasteiger partial charge in [-0.2, -0.15) is 0 Å². The maximum atomic E-state index is 11.5. The van der Waals surface area contributed by atoms with Crippen LogP contribution in [0.25, 0.3) is 0 Å². The molecule has 0 aliphatic rings. The third kappa shape index (κ3) is 3.38. The number of hydrogen-bond donors (Lipinski definition) is 2. The van der Waals surface area contributed by atoms with Crippen molar-refractivity contribution in [2.45, 2.75) is 6.61 Å². The molecule has 1 aromatic heterocycles. The molecular weight excluding hydrogens is 277 g/mol. The topological polar surface area (TPSA) is 67.0 Å². The van der Waals surface area contributed by atoms with Crippen LogP contribution in [0, 0.1) is 0 Å². The molecule has 0 bridgehead atoms. The summed E-state index contributed by atoms with van der Waals surface area (Å²) >= 11 is 11.6. The van der Waals surface area contributed by atoms with Gasteiger partial charge in [-0.25, -0.2) is 9.78 Å². The lowest BCUT2D eigenvalue weighted by atomic mass is 10.3. The van der Waals surface area contributed by atoms with Gasteiger partial charge in [0.2, 0.25) is 0 Å².